The molecular formula is C30H33N7. The van der Waals surface area contributed by atoms with Crippen LogP contribution in [0, 0.1) is 18.8 Å². The van der Waals surface area contributed by atoms with Crippen molar-refractivity contribution in [3.8, 4) is 0 Å². The van der Waals surface area contributed by atoms with E-state index in [0.717, 1.165) is 64.6 Å². The monoisotopic (exact) mass is 491 g/mol. The normalized spacial score (nSPS) is 19.8. The summed E-state index contributed by atoms with van der Waals surface area (Å²) in [5, 5.41) is 5.01. The van der Waals surface area contributed by atoms with Crippen LogP contribution in [0.5, 0.6) is 0 Å². The van der Waals surface area contributed by atoms with Crippen molar-refractivity contribution in [3.63, 3.8) is 0 Å². The molecule has 2 saturated heterocycles. The van der Waals surface area contributed by atoms with Crippen LogP contribution in [0.1, 0.15) is 36.5 Å². The van der Waals surface area contributed by atoms with E-state index < -0.39 is 0 Å². The molecule has 3 fully saturated rings. The Hall–Kier alpha value is -4.00. The number of hydrogen-bond acceptors (Lipinski definition) is 6. The van der Waals surface area contributed by atoms with Gasteiger partial charge in [-0.15, -0.1) is 0 Å². The summed E-state index contributed by atoms with van der Waals surface area (Å²) in [7, 11) is 2.02. The number of anilines is 2. The van der Waals surface area contributed by atoms with Crippen molar-refractivity contribution in [1.82, 2.24) is 19.5 Å². The van der Waals surface area contributed by atoms with Crippen molar-refractivity contribution < 1.29 is 0 Å². The maximum absolute atomic E-state index is 4.92. The summed E-state index contributed by atoms with van der Waals surface area (Å²) in [5.41, 5.74) is 6.91. The van der Waals surface area contributed by atoms with E-state index in [1.54, 1.807) is 6.21 Å². The highest BCUT2D eigenvalue weighted by atomic mass is 15.3. The van der Waals surface area contributed by atoms with Gasteiger partial charge in [0.2, 0.25) is 5.95 Å². The molecule has 1 N–H and O–H groups in total. The van der Waals surface area contributed by atoms with Crippen LogP contribution in [0.2, 0.25) is 0 Å². The first kappa shape index (κ1) is 23.4. The molecule has 0 amide bonds. The molecule has 0 unspecified atom stereocenters. The number of aromatic nitrogens is 4. The first-order valence-corrected chi connectivity index (χ1v) is 13.0. The van der Waals surface area contributed by atoms with Crippen LogP contribution in [0.3, 0.4) is 0 Å². The molecule has 7 rings (SSSR count). The number of hydrogen-bond donors (Lipinski definition) is 1. The van der Waals surface area contributed by atoms with Crippen LogP contribution >= 0.6 is 0 Å². The van der Waals surface area contributed by atoms with Crippen LogP contribution in [-0.2, 0) is 13.5 Å². The minimum Gasteiger partial charge on any atom is -0.340 e. The van der Waals surface area contributed by atoms with Gasteiger partial charge in [0, 0.05) is 43.5 Å². The molecule has 4 heterocycles. The zero-order valence-electron chi connectivity index (χ0n) is 21.8. The van der Waals surface area contributed by atoms with E-state index in [1.807, 2.05) is 31.1 Å². The maximum atomic E-state index is 4.92. The first-order chi connectivity index (χ1) is 18.0. The van der Waals surface area contributed by atoms with Gasteiger partial charge < -0.3 is 14.8 Å². The van der Waals surface area contributed by atoms with E-state index in [2.05, 4.69) is 75.1 Å². The second-order valence-electron chi connectivity index (χ2n) is 10.5. The van der Waals surface area contributed by atoms with Crippen LogP contribution in [0.25, 0.3) is 23.4 Å². The van der Waals surface area contributed by atoms with E-state index in [4.69, 9.17) is 4.98 Å². The highest BCUT2D eigenvalue weighted by molar-refractivity contribution is 5.76. The average molecular weight is 492 g/mol. The standard InChI is InChI=1S/C30H33N7/c1-5-31-29(28-20(3)15-32-30(35-28)37-16-22-11-23(12-22)17-37)34-25-8-7-24(19(2)10-25)13-21-6-9-27-26(14-21)33-18-36(27)4/h5-10,14-15,18,22-23,34H,3,11-13,16-17H2,1-2,4H3/b29-28-,31-5-. The average Bonchev–Trinajstić information content (AvgIpc) is 3.25. The highest BCUT2D eigenvalue weighted by Gasteiger charge is 2.37. The van der Waals surface area contributed by atoms with Crippen LogP contribution in [-0.4, -0.2) is 38.8 Å². The van der Waals surface area contributed by atoms with Crippen molar-refractivity contribution >= 4 is 41.3 Å². The molecule has 3 aliphatic rings. The van der Waals surface area contributed by atoms with Gasteiger partial charge in [0.25, 0.3) is 0 Å². The number of benzene rings is 2. The number of imidazole rings is 1. The SMILES string of the molecule is C=c1cnc(N2CC3CC(C3)C2)n/c1=C(/N=C\C)Nc1ccc(Cc2ccc3c(c2)ncn3C)c(C)c1. The number of nitrogens with zero attached hydrogens (tertiary/aromatic N) is 6. The van der Waals surface area contributed by atoms with Gasteiger partial charge >= 0.3 is 0 Å². The summed E-state index contributed by atoms with van der Waals surface area (Å²) < 4.78 is 2.05. The second-order valence-corrected chi connectivity index (χ2v) is 10.5. The zero-order chi connectivity index (χ0) is 25.5. The van der Waals surface area contributed by atoms with E-state index in [-0.39, 0.29) is 0 Å². The molecule has 1 aliphatic carbocycles. The van der Waals surface area contributed by atoms with E-state index in [9.17, 15) is 0 Å². The van der Waals surface area contributed by atoms with Crippen LogP contribution in [0.15, 0.2) is 53.9 Å². The van der Waals surface area contributed by atoms with Crippen molar-refractivity contribution in [1.29, 1.82) is 0 Å². The number of fused-ring (bicyclic) bond motifs is 3. The van der Waals surface area contributed by atoms with Gasteiger partial charge in [-0.3, -0.25) is 0 Å². The largest absolute Gasteiger partial charge is 0.340 e. The Balaban J connectivity index is 1.27. The Kier molecular flexibility index (Phi) is 5.99. The van der Waals surface area contributed by atoms with E-state index in [1.165, 1.54) is 29.5 Å². The fourth-order valence-electron chi connectivity index (χ4n) is 5.69. The Morgan fingerprint density at radius 1 is 1.14 bits per heavy atom. The molecule has 4 aromatic rings. The smallest absolute Gasteiger partial charge is 0.226 e. The molecule has 2 aliphatic heterocycles. The number of nitrogens with one attached hydrogen (secondary N) is 1. The lowest BCUT2D eigenvalue weighted by Crippen LogP contribution is -2.50. The zero-order valence-corrected chi connectivity index (χ0v) is 21.8. The minimum absolute atomic E-state index is 0.686. The number of aryl methyl sites for hydroxylation is 2. The number of aliphatic imine (C=N–C) groups is 1. The summed E-state index contributed by atoms with van der Waals surface area (Å²) in [6.45, 7) is 10.3. The van der Waals surface area contributed by atoms with Crippen molar-refractivity contribution in [2.75, 3.05) is 23.3 Å². The highest BCUT2D eigenvalue weighted by Crippen LogP contribution is 2.40. The van der Waals surface area contributed by atoms with E-state index in [0.29, 0.717) is 5.82 Å². The van der Waals surface area contributed by atoms with Crippen molar-refractivity contribution in [2.45, 2.75) is 33.1 Å². The second kappa shape index (κ2) is 9.47. The predicted octanol–water partition coefficient (Wildman–Crippen LogP) is 3.79. The van der Waals surface area contributed by atoms with Crippen molar-refractivity contribution in [2.24, 2.45) is 23.9 Å². The summed E-state index contributed by atoms with van der Waals surface area (Å²) >= 11 is 0. The third-order valence-electron chi connectivity index (χ3n) is 7.70. The molecule has 1 saturated carbocycles. The quantitative estimate of drug-likeness (QED) is 0.416. The lowest BCUT2D eigenvalue weighted by molar-refractivity contribution is 0.157. The predicted molar refractivity (Wildman–Crippen MR) is 151 cm³/mol. The van der Waals surface area contributed by atoms with Gasteiger partial charge in [0.15, 0.2) is 5.82 Å². The Bertz CT molecular complexity index is 1600. The molecule has 188 valence electrons. The number of rotatable bonds is 6. The first-order valence-electron chi connectivity index (χ1n) is 13.0. The molecule has 2 bridgehead atoms. The molecular weight excluding hydrogens is 458 g/mol. The summed E-state index contributed by atoms with van der Waals surface area (Å²) in [4.78, 5) is 21.0. The van der Waals surface area contributed by atoms with Crippen molar-refractivity contribution in [3.05, 3.63) is 76.2 Å². The molecule has 0 radical (unpaired) electrons. The lowest BCUT2D eigenvalue weighted by Gasteiger charge is -2.47. The third-order valence-corrected chi connectivity index (χ3v) is 7.70. The summed E-state index contributed by atoms with van der Waals surface area (Å²) in [6, 6.07) is 13.0. The van der Waals surface area contributed by atoms with E-state index >= 15 is 0 Å². The Labute approximate surface area is 217 Å². The Morgan fingerprint density at radius 2 is 1.95 bits per heavy atom. The molecule has 7 heteroatoms. The fraction of sp³-hybridized carbons (Fsp3) is 0.333. The van der Waals surface area contributed by atoms with Gasteiger partial charge in [0.05, 0.1) is 17.4 Å². The molecule has 2 aromatic heterocycles. The third kappa shape index (κ3) is 4.61. The Morgan fingerprint density at radius 3 is 2.70 bits per heavy atom. The van der Waals surface area contributed by atoms with Gasteiger partial charge in [-0.1, -0.05) is 18.7 Å². The molecule has 7 nitrogen and oxygen atoms in total. The van der Waals surface area contributed by atoms with Gasteiger partial charge in [0.1, 0.15) is 5.35 Å². The summed E-state index contributed by atoms with van der Waals surface area (Å²) in [5.74, 6) is 3.03. The lowest BCUT2D eigenvalue weighted by atomic mass is 9.71. The fourth-order valence-corrected chi connectivity index (χ4v) is 5.69. The molecule has 0 atom stereocenters. The summed E-state index contributed by atoms with van der Waals surface area (Å²) in [6.07, 6.45) is 9.02. The topological polar surface area (TPSA) is 71.2 Å². The number of piperidine rings is 2. The van der Waals surface area contributed by atoms with Gasteiger partial charge in [-0.25, -0.2) is 19.9 Å². The van der Waals surface area contributed by atoms with Gasteiger partial charge in [-0.05, 0) is 85.9 Å². The van der Waals surface area contributed by atoms with Crippen LogP contribution in [0.4, 0.5) is 11.6 Å². The molecule has 0 spiro atoms. The minimum atomic E-state index is 0.686. The maximum Gasteiger partial charge on any atom is 0.226 e. The molecule has 2 aromatic carbocycles. The van der Waals surface area contributed by atoms with Crippen LogP contribution < -0.4 is 20.8 Å². The molecule has 37 heavy (non-hydrogen) atoms. The van der Waals surface area contributed by atoms with Gasteiger partial charge in [-0.2, -0.15) is 0 Å².